The van der Waals surface area contributed by atoms with Crippen LogP contribution in [0.3, 0.4) is 0 Å². The summed E-state index contributed by atoms with van der Waals surface area (Å²) in [4.78, 5) is 28.4. The molecule has 9 heteroatoms. The van der Waals surface area contributed by atoms with Gasteiger partial charge in [-0.05, 0) is 104 Å². The standard InChI is InChI=1S/C35H35FN2O5S/c1-24-20-27(17-18-32(24)36)25-10-7-12-28(21-25)33(39)38-19-9-13-29(23-38)26-11-8-14-30(22-26)43-35(2,3)34(40)37-44(41,42)31-15-5-4-6-16-31/h4-8,10-12,14-18,20-22,29H,9,13,19,23H2,1-3H3,(H,37,40). The first-order valence-electron chi connectivity index (χ1n) is 14.5. The minimum atomic E-state index is -4.05. The van der Waals surface area contributed by atoms with Crippen molar-refractivity contribution < 1.29 is 27.1 Å². The molecule has 1 atom stereocenters. The highest BCUT2D eigenvalue weighted by Crippen LogP contribution is 2.32. The molecule has 7 nitrogen and oxygen atoms in total. The molecule has 0 saturated carbocycles. The molecule has 0 spiro atoms. The Labute approximate surface area is 257 Å². The van der Waals surface area contributed by atoms with Crippen molar-refractivity contribution in [3.8, 4) is 16.9 Å². The Bertz CT molecular complexity index is 1790. The van der Waals surface area contributed by atoms with E-state index in [1.54, 1.807) is 49.4 Å². The number of amides is 2. The second kappa shape index (κ2) is 12.6. The number of halogens is 1. The highest BCUT2D eigenvalue weighted by atomic mass is 32.2. The van der Waals surface area contributed by atoms with E-state index in [-0.39, 0.29) is 22.5 Å². The van der Waals surface area contributed by atoms with E-state index in [1.165, 1.54) is 32.0 Å². The number of piperidine rings is 1. The van der Waals surface area contributed by atoms with Gasteiger partial charge in [-0.1, -0.05) is 48.5 Å². The summed E-state index contributed by atoms with van der Waals surface area (Å²) in [6, 6.07) is 27.4. The highest BCUT2D eigenvalue weighted by molar-refractivity contribution is 7.90. The Morgan fingerprint density at radius 3 is 2.39 bits per heavy atom. The zero-order valence-electron chi connectivity index (χ0n) is 24.9. The van der Waals surface area contributed by atoms with Gasteiger partial charge in [0.05, 0.1) is 4.90 Å². The average Bonchev–Trinajstić information content (AvgIpc) is 3.02. The second-order valence-electron chi connectivity index (χ2n) is 11.6. The molecule has 0 bridgehead atoms. The number of benzene rings is 4. The van der Waals surface area contributed by atoms with Crippen LogP contribution in [0.25, 0.3) is 11.1 Å². The Morgan fingerprint density at radius 1 is 0.909 bits per heavy atom. The van der Waals surface area contributed by atoms with Crippen molar-refractivity contribution in [2.45, 2.75) is 50.0 Å². The lowest BCUT2D eigenvalue weighted by molar-refractivity contribution is -0.132. The van der Waals surface area contributed by atoms with Crippen LogP contribution in [-0.4, -0.2) is 43.8 Å². The van der Waals surface area contributed by atoms with Crippen LogP contribution < -0.4 is 9.46 Å². The molecule has 1 unspecified atom stereocenters. The summed E-state index contributed by atoms with van der Waals surface area (Å²) in [5, 5.41) is 0. The van der Waals surface area contributed by atoms with Gasteiger partial charge in [-0.2, -0.15) is 0 Å². The number of likely N-dealkylation sites (tertiary alicyclic amines) is 1. The molecule has 0 radical (unpaired) electrons. The van der Waals surface area contributed by atoms with Gasteiger partial charge in [0.1, 0.15) is 11.6 Å². The van der Waals surface area contributed by atoms with E-state index in [2.05, 4.69) is 4.72 Å². The van der Waals surface area contributed by atoms with E-state index in [0.29, 0.717) is 30.0 Å². The Balaban J connectivity index is 1.27. The van der Waals surface area contributed by atoms with Crippen molar-refractivity contribution in [3.05, 3.63) is 120 Å². The molecular weight excluding hydrogens is 579 g/mol. The van der Waals surface area contributed by atoms with Gasteiger partial charge in [0.15, 0.2) is 5.60 Å². The monoisotopic (exact) mass is 614 g/mol. The fraction of sp³-hybridized carbons (Fsp3) is 0.257. The number of carbonyl (C=O) groups is 2. The predicted octanol–water partition coefficient (Wildman–Crippen LogP) is 6.48. The van der Waals surface area contributed by atoms with Gasteiger partial charge in [0, 0.05) is 24.6 Å². The van der Waals surface area contributed by atoms with E-state index in [9.17, 15) is 22.4 Å². The Hall–Kier alpha value is -4.50. The van der Waals surface area contributed by atoms with Crippen LogP contribution >= 0.6 is 0 Å². The topological polar surface area (TPSA) is 92.8 Å². The molecule has 1 heterocycles. The molecule has 44 heavy (non-hydrogen) atoms. The maximum Gasteiger partial charge on any atom is 0.277 e. The number of rotatable bonds is 8. The zero-order chi connectivity index (χ0) is 31.5. The molecule has 1 fully saturated rings. The van der Waals surface area contributed by atoms with E-state index in [4.69, 9.17) is 4.74 Å². The first kappa shape index (κ1) is 30.9. The molecule has 1 aliphatic heterocycles. The molecule has 5 rings (SSSR count). The van der Waals surface area contributed by atoms with Gasteiger partial charge < -0.3 is 9.64 Å². The van der Waals surface area contributed by atoms with E-state index >= 15 is 0 Å². The smallest absolute Gasteiger partial charge is 0.277 e. The number of ether oxygens (including phenoxy) is 1. The summed E-state index contributed by atoms with van der Waals surface area (Å²) in [5.74, 6) is -0.655. The molecule has 1 saturated heterocycles. The van der Waals surface area contributed by atoms with Gasteiger partial charge in [-0.25, -0.2) is 17.5 Å². The number of nitrogens with zero attached hydrogens (tertiary/aromatic N) is 1. The normalized spacial score (nSPS) is 15.5. The van der Waals surface area contributed by atoms with Crippen LogP contribution in [0.1, 0.15) is 54.1 Å². The van der Waals surface area contributed by atoms with E-state index < -0.39 is 21.5 Å². The Kier molecular flexibility index (Phi) is 8.87. The lowest BCUT2D eigenvalue weighted by atomic mass is 9.90. The number of nitrogens with one attached hydrogen (secondary N) is 1. The van der Waals surface area contributed by atoms with Crippen LogP contribution in [0.2, 0.25) is 0 Å². The van der Waals surface area contributed by atoms with Crippen LogP contribution in [0.15, 0.2) is 102 Å². The third-order valence-corrected chi connectivity index (χ3v) is 9.19. The van der Waals surface area contributed by atoms with Gasteiger partial charge in [-0.3, -0.25) is 9.59 Å². The second-order valence-corrected chi connectivity index (χ2v) is 13.3. The maximum atomic E-state index is 13.8. The lowest BCUT2D eigenvalue weighted by Gasteiger charge is -2.33. The molecule has 4 aromatic rings. The molecule has 1 aliphatic rings. The average molecular weight is 615 g/mol. The molecule has 1 N–H and O–H groups in total. The van der Waals surface area contributed by atoms with Crippen molar-refractivity contribution >= 4 is 21.8 Å². The summed E-state index contributed by atoms with van der Waals surface area (Å²) in [7, 11) is -4.05. The molecule has 228 valence electrons. The molecular formula is C35H35FN2O5S. The minimum absolute atomic E-state index is 0.0140. The number of hydrogen-bond acceptors (Lipinski definition) is 5. The number of hydrogen-bond donors (Lipinski definition) is 1. The van der Waals surface area contributed by atoms with Crippen molar-refractivity contribution in [2.75, 3.05) is 13.1 Å². The summed E-state index contributed by atoms with van der Waals surface area (Å²) in [5.41, 5.74) is 2.29. The molecule has 0 aromatic heterocycles. The van der Waals surface area contributed by atoms with Crippen molar-refractivity contribution in [1.29, 1.82) is 0 Å². The van der Waals surface area contributed by atoms with Crippen LogP contribution in [0, 0.1) is 12.7 Å². The molecule has 2 amide bonds. The van der Waals surface area contributed by atoms with E-state index in [0.717, 1.165) is 29.5 Å². The predicted molar refractivity (Wildman–Crippen MR) is 167 cm³/mol. The number of aryl methyl sites for hydroxylation is 1. The summed E-state index contributed by atoms with van der Waals surface area (Å²) in [6.07, 6.45) is 1.70. The summed E-state index contributed by atoms with van der Waals surface area (Å²) in [6.45, 7) is 5.89. The van der Waals surface area contributed by atoms with Crippen LogP contribution in [0.5, 0.6) is 5.75 Å². The first-order valence-corrected chi connectivity index (χ1v) is 16.0. The summed E-state index contributed by atoms with van der Waals surface area (Å²) >= 11 is 0. The summed E-state index contributed by atoms with van der Waals surface area (Å²) < 4.78 is 47.3. The van der Waals surface area contributed by atoms with Gasteiger partial charge >= 0.3 is 0 Å². The quantitative estimate of drug-likeness (QED) is 0.245. The fourth-order valence-corrected chi connectivity index (χ4v) is 6.47. The van der Waals surface area contributed by atoms with Crippen molar-refractivity contribution in [2.24, 2.45) is 0 Å². The van der Waals surface area contributed by atoms with Gasteiger partial charge in [0.2, 0.25) is 0 Å². The van der Waals surface area contributed by atoms with Crippen LogP contribution in [0.4, 0.5) is 4.39 Å². The number of sulfonamides is 1. The fourth-order valence-electron chi connectivity index (χ4n) is 5.35. The zero-order valence-corrected chi connectivity index (χ0v) is 25.7. The maximum absolute atomic E-state index is 13.8. The van der Waals surface area contributed by atoms with Gasteiger partial charge in [-0.15, -0.1) is 0 Å². The number of carbonyl (C=O) groups excluding carboxylic acids is 2. The third-order valence-electron chi connectivity index (χ3n) is 7.84. The minimum Gasteiger partial charge on any atom is -0.478 e. The van der Waals surface area contributed by atoms with Crippen molar-refractivity contribution in [3.63, 3.8) is 0 Å². The van der Waals surface area contributed by atoms with E-state index in [1.807, 2.05) is 41.3 Å². The largest absolute Gasteiger partial charge is 0.478 e. The van der Waals surface area contributed by atoms with Gasteiger partial charge in [0.25, 0.3) is 21.8 Å². The van der Waals surface area contributed by atoms with Crippen molar-refractivity contribution in [1.82, 2.24) is 9.62 Å². The molecule has 0 aliphatic carbocycles. The third kappa shape index (κ3) is 7.00. The Morgan fingerprint density at radius 2 is 1.64 bits per heavy atom. The SMILES string of the molecule is Cc1cc(-c2cccc(C(=O)N3CCCC(c4cccc(OC(C)(C)C(=O)NS(=O)(=O)c5ccccc5)c4)C3)c2)ccc1F. The highest BCUT2D eigenvalue weighted by Gasteiger charge is 2.34. The van der Waals surface area contributed by atoms with Crippen LogP contribution in [-0.2, 0) is 14.8 Å². The molecule has 4 aromatic carbocycles. The lowest BCUT2D eigenvalue weighted by Crippen LogP contribution is -2.48. The first-order chi connectivity index (χ1) is 20.9.